The summed E-state index contributed by atoms with van der Waals surface area (Å²) in [5.41, 5.74) is 0. The fourth-order valence-electron chi connectivity index (χ4n) is 1.49. The van der Waals surface area contributed by atoms with Crippen LogP contribution in [-0.2, 0) is 4.79 Å². The van der Waals surface area contributed by atoms with E-state index in [9.17, 15) is 4.79 Å². The summed E-state index contributed by atoms with van der Waals surface area (Å²) in [5.74, 6) is 0.0550. The van der Waals surface area contributed by atoms with E-state index >= 15 is 0 Å². The molecule has 1 aliphatic rings. The molecular weight excluding hydrogens is 200 g/mol. The molecule has 1 unspecified atom stereocenters. The minimum Gasteiger partial charge on any atom is -0.338 e. The van der Waals surface area contributed by atoms with E-state index in [2.05, 4.69) is 11.5 Å². The van der Waals surface area contributed by atoms with Crippen molar-refractivity contribution in [3.63, 3.8) is 0 Å². The normalized spacial score (nSPS) is 18.2. The molecule has 16 heavy (non-hydrogen) atoms. The molecule has 1 heterocycles. The molecule has 1 atom stereocenters. The zero-order valence-corrected chi connectivity index (χ0v) is 11.8. The zero-order chi connectivity index (χ0) is 13.1. The van der Waals surface area contributed by atoms with E-state index in [-0.39, 0.29) is 5.91 Å². The quantitative estimate of drug-likeness (QED) is 0.678. The van der Waals surface area contributed by atoms with Crippen molar-refractivity contribution >= 4 is 5.91 Å². The van der Waals surface area contributed by atoms with Crippen molar-refractivity contribution in [3.05, 3.63) is 12.7 Å². The molecule has 0 aromatic carbocycles. The van der Waals surface area contributed by atoms with Crippen molar-refractivity contribution in [2.75, 3.05) is 27.2 Å². The van der Waals surface area contributed by atoms with Crippen LogP contribution in [0.15, 0.2) is 12.7 Å². The number of carbonyl (C=O) groups is 1. The molecule has 1 amide bonds. The summed E-state index contributed by atoms with van der Waals surface area (Å²) in [7, 11) is 4.10. The van der Waals surface area contributed by atoms with Gasteiger partial charge in [-0.3, -0.25) is 4.79 Å². The van der Waals surface area contributed by atoms with E-state index < -0.39 is 0 Å². The van der Waals surface area contributed by atoms with Gasteiger partial charge in [-0.1, -0.05) is 34.3 Å². The first kappa shape index (κ1) is 17.6. The van der Waals surface area contributed by atoms with Gasteiger partial charge in [-0.25, -0.2) is 0 Å². The van der Waals surface area contributed by atoms with Gasteiger partial charge in [-0.2, -0.15) is 0 Å². The van der Waals surface area contributed by atoms with Crippen molar-refractivity contribution in [1.82, 2.24) is 9.80 Å². The molecule has 1 fully saturated rings. The average molecular weight is 228 g/mol. The lowest BCUT2D eigenvalue weighted by atomic mass is 10.2. The molecule has 0 aliphatic carbocycles. The first-order valence-electron chi connectivity index (χ1n) is 6.23. The van der Waals surface area contributed by atoms with Crippen LogP contribution < -0.4 is 0 Å². The average Bonchev–Trinajstić information content (AvgIpc) is 2.83. The molecule has 0 aromatic heterocycles. The SMILES string of the molecule is C=CC(=O)N1CCC(N(C)C)C1.CC.CC. The molecule has 3 heteroatoms. The molecule has 0 spiro atoms. The van der Waals surface area contributed by atoms with E-state index in [1.165, 1.54) is 6.08 Å². The van der Waals surface area contributed by atoms with Crippen LogP contribution in [0.5, 0.6) is 0 Å². The summed E-state index contributed by atoms with van der Waals surface area (Å²) < 4.78 is 0. The van der Waals surface area contributed by atoms with Gasteiger partial charge in [-0.05, 0) is 26.6 Å². The van der Waals surface area contributed by atoms with Crippen molar-refractivity contribution in [2.45, 2.75) is 40.2 Å². The fourth-order valence-corrected chi connectivity index (χ4v) is 1.49. The number of likely N-dealkylation sites (N-methyl/N-ethyl adjacent to an activating group) is 1. The molecule has 1 saturated heterocycles. The summed E-state index contributed by atoms with van der Waals surface area (Å²) in [4.78, 5) is 15.2. The second kappa shape index (κ2) is 10.7. The standard InChI is InChI=1S/C9H16N2O.2C2H6/c1-4-9(12)11-6-5-8(7-11)10(2)3;2*1-2/h4,8H,1,5-7H2,2-3H3;2*1-2H3. The molecule has 1 rings (SSSR count). The highest BCUT2D eigenvalue weighted by Crippen LogP contribution is 2.12. The number of nitrogens with zero attached hydrogens (tertiary/aromatic N) is 2. The lowest BCUT2D eigenvalue weighted by molar-refractivity contribution is -0.125. The third-order valence-electron chi connectivity index (χ3n) is 2.38. The lowest BCUT2D eigenvalue weighted by Crippen LogP contribution is -2.33. The fraction of sp³-hybridized carbons (Fsp3) is 0.769. The Bertz CT molecular complexity index is 190. The van der Waals surface area contributed by atoms with Crippen molar-refractivity contribution in [3.8, 4) is 0 Å². The molecule has 0 bridgehead atoms. The van der Waals surface area contributed by atoms with E-state index in [1.54, 1.807) is 0 Å². The van der Waals surface area contributed by atoms with Gasteiger partial charge in [0.1, 0.15) is 0 Å². The maximum atomic E-state index is 11.2. The van der Waals surface area contributed by atoms with Crippen LogP contribution in [0.1, 0.15) is 34.1 Å². The van der Waals surface area contributed by atoms with Crippen LogP contribution in [0.25, 0.3) is 0 Å². The zero-order valence-electron chi connectivity index (χ0n) is 11.8. The van der Waals surface area contributed by atoms with E-state index in [0.29, 0.717) is 6.04 Å². The predicted octanol–water partition coefficient (Wildman–Crippen LogP) is 2.39. The minimum atomic E-state index is 0.0550. The van der Waals surface area contributed by atoms with E-state index in [0.717, 1.165) is 19.5 Å². The van der Waals surface area contributed by atoms with Gasteiger partial charge >= 0.3 is 0 Å². The maximum absolute atomic E-state index is 11.2. The molecule has 0 radical (unpaired) electrons. The van der Waals surface area contributed by atoms with Gasteiger partial charge in [0.15, 0.2) is 0 Å². The van der Waals surface area contributed by atoms with Crippen LogP contribution >= 0.6 is 0 Å². The Morgan fingerprint density at radius 2 is 1.81 bits per heavy atom. The highest BCUT2D eigenvalue weighted by atomic mass is 16.2. The Kier molecular flexibility index (Phi) is 11.7. The minimum absolute atomic E-state index is 0.0550. The molecule has 96 valence electrons. The summed E-state index contributed by atoms with van der Waals surface area (Å²) >= 11 is 0. The third kappa shape index (κ3) is 5.91. The summed E-state index contributed by atoms with van der Waals surface area (Å²) in [6.45, 7) is 13.2. The number of rotatable bonds is 2. The van der Waals surface area contributed by atoms with Crippen LogP contribution in [0.2, 0.25) is 0 Å². The van der Waals surface area contributed by atoms with Gasteiger partial charge in [0, 0.05) is 19.1 Å². The first-order chi connectivity index (χ1) is 7.65. The highest BCUT2D eigenvalue weighted by Gasteiger charge is 2.25. The first-order valence-corrected chi connectivity index (χ1v) is 6.23. The van der Waals surface area contributed by atoms with Crippen LogP contribution in [0.4, 0.5) is 0 Å². The number of carbonyl (C=O) groups excluding carboxylic acids is 1. The monoisotopic (exact) mass is 228 g/mol. The molecule has 3 nitrogen and oxygen atoms in total. The van der Waals surface area contributed by atoms with Crippen LogP contribution in [0.3, 0.4) is 0 Å². The number of amides is 1. The molecule has 0 N–H and O–H groups in total. The summed E-state index contributed by atoms with van der Waals surface area (Å²) in [6, 6.07) is 0.522. The molecule has 1 aliphatic heterocycles. The summed E-state index contributed by atoms with van der Waals surface area (Å²) in [6.07, 6.45) is 2.46. The van der Waals surface area contributed by atoms with Crippen molar-refractivity contribution < 1.29 is 4.79 Å². The maximum Gasteiger partial charge on any atom is 0.246 e. The van der Waals surface area contributed by atoms with Gasteiger partial charge in [-0.15, -0.1) is 0 Å². The Morgan fingerprint density at radius 3 is 2.12 bits per heavy atom. The van der Waals surface area contributed by atoms with Gasteiger partial charge in [0.05, 0.1) is 0 Å². The predicted molar refractivity (Wildman–Crippen MR) is 71.6 cm³/mol. The second-order valence-corrected chi connectivity index (χ2v) is 3.39. The number of hydrogen-bond donors (Lipinski definition) is 0. The Morgan fingerprint density at radius 1 is 1.31 bits per heavy atom. The lowest BCUT2D eigenvalue weighted by Gasteiger charge is -2.19. The van der Waals surface area contributed by atoms with Gasteiger partial charge in [0.2, 0.25) is 5.91 Å². The third-order valence-corrected chi connectivity index (χ3v) is 2.38. The Labute approximate surface area is 101 Å². The van der Waals surface area contributed by atoms with E-state index in [1.807, 2.05) is 46.7 Å². The Hall–Kier alpha value is -0.830. The summed E-state index contributed by atoms with van der Waals surface area (Å²) in [5, 5.41) is 0. The molecule has 0 saturated carbocycles. The largest absolute Gasteiger partial charge is 0.338 e. The van der Waals surface area contributed by atoms with E-state index in [4.69, 9.17) is 0 Å². The highest BCUT2D eigenvalue weighted by molar-refractivity contribution is 5.87. The van der Waals surface area contributed by atoms with Crippen molar-refractivity contribution in [2.24, 2.45) is 0 Å². The van der Waals surface area contributed by atoms with Crippen LogP contribution in [-0.4, -0.2) is 48.9 Å². The van der Waals surface area contributed by atoms with Crippen LogP contribution in [0, 0.1) is 0 Å². The molecular formula is C13H28N2O. The second-order valence-electron chi connectivity index (χ2n) is 3.39. The number of hydrogen-bond acceptors (Lipinski definition) is 2. The topological polar surface area (TPSA) is 23.6 Å². The van der Waals surface area contributed by atoms with Crippen molar-refractivity contribution in [1.29, 1.82) is 0 Å². The molecule has 0 aromatic rings. The van der Waals surface area contributed by atoms with Gasteiger partial charge in [0.25, 0.3) is 0 Å². The number of likely N-dealkylation sites (tertiary alicyclic amines) is 1. The Balaban J connectivity index is 0. The smallest absolute Gasteiger partial charge is 0.246 e. The van der Waals surface area contributed by atoms with Gasteiger partial charge < -0.3 is 9.80 Å².